The number of benzene rings is 1. The summed E-state index contributed by atoms with van der Waals surface area (Å²) in [6.07, 6.45) is -0.132. The quantitative estimate of drug-likeness (QED) is 0.255. The Bertz CT molecular complexity index is 608. The number of carbonyl (C=O) groups excluding carboxylic acids is 2. The van der Waals surface area contributed by atoms with E-state index >= 15 is 0 Å². The number of carbonyl (C=O) groups is 3. The van der Waals surface area contributed by atoms with Crippen LogP contribution in [0.5, 0.6) is 0 Å². The van der Waals surface area contributed by atoms with Crippen molar-refractivity contribution in [2.24, 2.45) is 0 Å². The third-order valence-corrected chi connectivity index (χ3v) is 4.04. The van der Waals surface area contributed by atoms with E-state index in [1.807, 2.05) is 0 Å². The normalized spacial score (nSPS) is 14.4. The second-order valence-electron chi connectivity index (χ2n) is 4.78. The monoisotopic (exact) mass is 358 g/mol. The van der Waals surface area contributed by atoms with Crippen LogP contribution >= 0.6 is 7.75 Å². The molecule has 9 nitrogen and oxygen atoms in total. The Hall–Kier alpha value is -2.06. The summed E-state index contributed by atoms with van der Waals surface area (Å²) < 4.78 is 16.5. The van der Waals surface area contributed by atoms with Crippen molar-refractivity contribution in [1.82, 2.24) is 10.4 Å². The first-order valence-electron chi connectivity index (χ1n) is 7.09. The molecule has 0 aliphatic heterocycles. The van der Waals surface area contributed by atoms with Crippen LogP contribution < -0.4 is 10.4 Å². The molecule has 0 radical (unpaired) electrons. The lowest BCUT2D eigenvalue weighted by Crippen LogP contribution is -2.31. The van der Waals surface area contributed by atoms with Crippen LogP contribution in [-0.2, 0) is 18.7 Å². The number of rotatable bonds is 11. The van der Waals surface area contributed by atoms with E-state index in [2.05, 4.69) is 10.4 Å². The Balaban J connectivity index is 2.34. The van der Waals surface area contributed by atoms with Gasteiger partial charge in [0.15, 0.2) is 0 Å². The fourth-order valence-corrected chi connectivity index (χ4v) is 2.74. The van der Waals surface area contributed by atoms with E-state index in [1.54, 1.807) is 30.3 Å². The molecular weight excluding hydrogens is 339 g/mol. The molecule has 0 saturated heterocycles. The average molecular weight is 358 g/mol. The highest BCUT2D eigenvalue weighted by molar-refractivity contribution is 7.50. The second-order valence-corrected chi connectivity index (χ2v) is 6.34. The largest absolute Gasteiger partial charge is 0.481 e. The van der Waals surface area contributed by atoms with Crippen LogP contribution in [0.15, 0.2) is 30.3 Å². The molecule has 1 unspecified atom stereocenters. The smallest absolute Gasteiger partial charge is 0.403 e. The molecule has 1 aromatic carbocycles. The molecule has 0 aliphatic carbocycles. The molecule has 10 heteroatoms. The van der Waals surface area contributed by atoms with Crippen LogP contribution in [0.25, 0.3) is 0 Å². The summed E-state index contributed by atoms with van der Waals surface area (Å²) >= 11 is 0. The first-order valence-corrected chi connectivity index (χ1v) is 8.67. The van der Waals surface area contributed by atoms with E-state index in [-0.39, 0.29) is 31.9 Å². The van der Waals surface area contributed by atoms with Crippen LogP contribution in [0.4, 0.5) is 0 Å². The molecule has 0 saturated carbocycles. The van der Waals surface area contributed by atoms with Crippen molar-refractivity contribution in [2.45, 2.75) is 18.9 Å². The lowest BCUT2D eigenvalue weighted by Gasteiger charge is -2.17. The lowest BCUT2D eigenvalue weighted by molar-refractivity contribution is -0.137. The minimum atomic E-state index is -4.28. The zero-order valence-electron chi connectivity index (χ0n) is 12.8. The van der Waals surface area contributed by atoms with Gasteiger partial charge in [-0.25, -0.2) is 9.65 Å². The minimum absolute atomic E-state index is 0.0131. The maximum atomic E-state index is 11.7. The molecule has 0 aliphatic rings. The molecule has 0 fully saturated rings. The van der Waals surface area contributed by atoms with Crippen molar-refractivity contribution < 1.29 is 33.5 Å². The molecule has 0 spiro atoms. The predicted molar refractivity (Wildman–Crippen MR) is 84.4 cm³/mol. The summed E-state index contributed by atoms with van der Waals surface area (Å²) in [6, 6.07) is 7.29. The van der Waals surface area contributed by atoms with Crippen molar-refractivity contribution in [2.75, 3.05) is 13.2 Å². The van der Waals surface area contributed by atoms with Crippen LogP contribution in [0.1, 0.15) is 23.2 Å². The van der Waals surface area contributed by atoms with Gasteiger partial charge in [0.1, 0.15) is 6.29 Å². The first kappa shape index (κ1) is 20.0. The first-order chi connectivity index (χ1) is 11.3. The van der Waals surface area contributed by atoms with Crippen LogP contribution in [0, 0.1) is 0 Å². The molecule has 132 valence electrons. The number of aliphatic carboxylic acids is 1. The highest BCUT2D eigenvalue weighted by Gasteiger charge is 2.24. The van der Waals surface area contributed by atoms with Crippen LogP contribution in [0.2, 0.25) is 0 Å². The van der Waals surface area contributed by atoms with Gasteiger partial charge in [0, 0.05) is 18.5 Å². The lowest BCUT2D eigenvalue weighted by atomic mass is 10.2. The van der Waals surface area contributed by atoms with Gasteiger partial charge in [-0.15, -0.1) is 0 Å². The number of hydrogen-bond donors (Lipinski definition) is 4. The number of nitrogens with one attached hydrogen (secondary N) is 2. The SMILES string of the molecule is O=C[C@H](CCC(=O)O)NP(=O)(O)OCCNC(=O)c1ccccc1. The van der Waals surface area contributed by atoms with Gasteiger partial charge in [0.25, 0.3) is 5.91 Å². The van der Waals surface area contributed by atoms with E-state index in [0.717, 1.165) is 0 Å². The van der Waals surface area contributed by atoms with Crippen molar-refractivity contribution in [3.8, 4) is 0 Å². The van der Waals surface area contributed by atoms with Gasteiger partial charge >= 0.3 is 13.7 Å². The number of carboxylic acid groups (broad SMARTS) is 1. The van der Waals surface area contributed by atoms with Gasteiger partial charge in [-0.2, -0.15) is 0 Å². The van der Waals surface area contributed by atoms with Crippen molar-refractivity contribution in [1.29, 1.82) is 0 Å². The average Bonchev–Trinajstić information content (AvgIpc) is 2.56. The Kier molecular flexibility index (Phi) is 8.28. The standard InChI is InChI=1S/C14H19N2O7P/c17-10-12(6-7-13(18)19)16-24(21,22)23-9-8-15-14(20)11-4-2-1-3-5-11/h1-5,10,12H,6-9H2,(H,15,20)(H,18,19)(H2,16,21,22)/t12-/m0/s1. The number of hydrogen-bond acceptors (Lipinski definition) is 5. The third-order valence-electron chi connectivity index (χ3n) is 2.85. The molecule has 1 rings (SSSR count). The van der Waals surface area contributed by atoms with Gasteiger partial charge in [-0.05, 0) is 18.6 Å². The summed E-state index contributed by atoms with van der Waals surface area (Å²) in [6.45, 7) is -0.273. The van der Waals surface area contributed by atoms with Crippen molar-refractivity contribution >= 4 is 25.9 Å². The van der Waals surface area contributed by atoms with E-state index in [1.165, 1.54) is 0 Å². The Morgan fingerprint density at radius 2 is 1.96 bits per heavy atom. The Labute approximate surface area is 138 Å². The van der Waals surface area contributed by atoms with Crippen LogP contribution in [-0.4, -0.2) is 47.4 Å². The summed E-state index contributed by atoms with van der Waals surface area (Å²) in [5.41, 5.74) is 0.442. The zero-order chi connectivity index (χ0) is 18.0. The van der Waals surface area contributed by atoms with Gasteiger partial charge in [0.05, 0.1) is 12.6 Å². The number of aldehydes is 1. The molecule has 4 N–H and O–H groups in total. The number of carboxylic acids is 1. The molecule has 0 bridgehead atoms. The van der Waals surface area contributed by atoms with Gasteiger partial charge in [-0.3, -0.25) is 14.1 Å². The van der Waals surface area contributed by atoms with E-state index in [4.69, 9.17) is 9.63 Å². The highest BCUT2D eigenvalue weighted by Crippen LogP contribution is 2.37. The van der Waals surface area contributed by atoms with E-state index < -0.39 is 19.8 Å². The molecule has 24 heavy (non-hydrogen) atoms. The highest BCUT2D eigenvalue weighted by atomic mass is 31.2. The molecular formula is C14H19N2O7P. The second kappa shape index (κ2) is 9.94. The maximum absolute atomic E-state index is 11.7. The Morgan fingerprint density at radius 3 is 2.54 bits per heavy atom. The maximum Gasteiger partial charge on any atom is 0.403 e. The zero-order valence-corrected chi connectivity index (χ0v) is 13.6. The summed E-state index contributed by atoms with van der Waals surface area (Å²) in [4.78, 5) is 42.5. The van der Waals surface area contributed by atoms with E-state index in [9.17, 15) is 23.8 Å². The summed E-state index contributed by atoms with van der Waals surface area (Å²) in [7, 11) is -4.28. The van der Waals surface area contributed by atoms with Gasteiger partial charge < -0.3 is 20.1 Å². The molecule has 0 heterocycles. The van der Waals surface area contributed by atoms with Gasteiger partial charge in [0.2, 0.25) is 0 Å². The predicted octanol–water partition coefficient (Wildman–Crippen LogP) is 0.555. The molecule has 2 atom stereocenters. The summed E-state index contributed by atoms with van der Waals surface area (Å²) in [5.74, 6) is -1.48. The van der Waals surface area contributed by atoms with Crippen molar-refractivity contribution in [3.63, 3.8) is 0 Å². The third kappa shape index (κ3) is 7.98. The summed E-state index contributed by atoms with van der Waals surface area (Å²) in [5, 5.41) is 13.1. The molecule has 0 aromatic heterocycles. The van der Waals surface area contributed by atoms with E-state index in [0.29, 0.717) is 11.8 Å². The van der Waals surface area contributed by atoms with Gasteiger partial charge in [-0.1, -0.05) is 18.2 Å². The molecule has 1 aromatic rings. The Morgan fingerprint density at radius 1 is 1.29 bits per heavy atom. The number of amides is 1. The van der Waals surface area contributed by atoms with Crippen LogP contribution in [0.3, 0.4) is 0 Å². The fraction of sp³-hybridized carbons (Fsp3) is 0.357. The molecule has 1 amide bonds. The minimum Gasteiger partial charge on any atom is -0.481 e. The van der Waals surface area contributed by atoms with Crippen molar-refractivity contribution in [3.05, 3.63) is 35.9 Å². The topological polar surface area (TPSA) is 142 Å². The fourth-order valence-electron chi connectivity index (χ4n) is 1.71.